The Labute approximate surface area is 161 Å². The molecule has 0 aromatic heterocycles. The van der Waals surface area contributed by atoms with Crippen molar-refractivity contribution in [3.8, 4) is 5.75 Å². The highest BCUT2D eigenvalue weighted by Crippen LogP contribution is 2.21. The first-order chi connectivity index (χ1) is 12.7. The van der Waals surface area contributed by atoms with Gasteiger partial charge in [-0.2, -0.15) is 0 Å². The Kier molecular flexibility index (Phi) is 6.98. The Morgan fingerprint density at radius 1 is 1.07 bits per heavy atom. The number of aryl methyl sites for hydroxylation is 1. The quantitative estimate of drug-likeness (QED) is 0.752. The van der Waals surface area contributed by atoms with Gasteiger partial charge in [-0.05, 0) is 42.7 Å². The number of rotatable bonds is 8. The molecule has 146 valence electrons. The van der Waals surface area contributed by atoms with Gasteiger partial charge in [0.1, 0.15) is 5.75 Å². The van der Waals surface area contributed by atoms with Crippen LogP contribution in [0.15, 0.2) is 47.4 Å². The summed E-state index contributed by atoms with van der Waals surface area (Å²) in [4.78, 5) is 12.3. The third kappa shape index (κ3) is 5.30. The molecule has 0 radical (unpaired) electrons. The van der Waals surface area contributed by atoms with Gasteiger partial charge < -0.3 is 10.1 Å². The molecule has 2 aromatic carbocycles. The zero-order chi connectivity index (χ0) is 20.0. The summed E-state index contributed by atoms with van der Waals surface area (Å²) in [7, 11) is -0.597. The molecule has 2 aromatic rings. The van der Waals surface area contributed by atoms with Gasteiger partial charge in [0, 0.05) is 20.6 Å². The van der Waals surface area contributed by atoms with E-state index in [2.05, 4.69) is 5.32 Å². The Balaban J connectivity index is 1.92. The highest BCUT2D eigenvalue weighted by molar-refractivity contribution is 7.89. The summed E-state index contributed by atoms with van der Waals surface area (Å²) in [5.74, 6) is 0.572. The number of nitrogens with one attached hydrogen (secondary N) is 1. The summed E-state index contributed by atoms with van der Waals surface area (Å²) in [6, 6.07) is 12.5. The van der Waals surface area contributed by atoms with Crippen molar-refractivity contribution in [1.82, 2.24) is 9.62 Å². The van der Waals surface area contributed by atoms with E-state index in [0.29, 0.717) is 5.56 Å². The van der Waals surface area contributed by atoms with E-state index in [0.717, 1.165) is 21.2 Å². The Morgan fingerprint density at radius 3 is 2.48 bits per heavy atom. The fourth-order valence-electron chi connectivity index (χ4n) is 2.51. The highest BCUT2D eigenvalue weighted by atomic mass is 32.2. The predicted octanol–water partition coefficient (Wildman–Crippen LogP) is 2.64. The first-order valence-electron chi connectivity index (χ1n) is 8.69. The monoisotopic (exact) mass is 390 g/mol. The minimum absolute atomic E-state index is 0.144. The molecule has 0 unspecified atom stereocenters. The maximum atomic E-state index is 12.4. The van der Waals surface area contributed by atoms with Crippen LogP contribution < -0.4 is 10.1 Å². The van der Waals surface area contributed by atoms with Gasteiger partial charge in [0.15, 0.2) is 0 Å². The number of benzene rings is 2. The van der Waals surface area contributed by atoms with E-state index >= 15 is 0 Å². The SMILES string of the molecule is Cc1cccc(OCCC(=O)NCc2ccccc2S(=O)(=O)N(C)C)c1C. The Bertz CT molecular complexity index is 908. The van der Waals surface area contributed by atoms with Crippen LogP contribution in [-0.2, 0) is 21.4 Å². The van der Waals surface area contributed by atoms with Crippen LogP contribution in [-0.4, -0.2) is 39.3 Å². The normalized spacial score (nSPS) is 11.4. The van der Waals surface area contributed by atoms with E-state index in [4.69, 9.17) is 4.74 Å². The molecule has 0 bridgehead atoms. The molecule has 27 heavy (non-hydrogen) atoms. The first kappa shape index (κ1) is 20.9. The predicted molar refractivity (Wildman–Crippen MR) is 105 cm³/mol. The molecule has 0 aliphatic carbocycles. The molecule has 0 fully saturated rings. The van der Waals surface area contributed by atoms with Gasteiger partial charge in [0.05, 0.1) is 17.9 Å². The van der Waals surface area contributed by atoms with E-state index in [1.807, 2.05) is 32.0 Å². The van der Waals surface area contributed by atoms with Gasteiger partial charge in [-0.1, -0.05) is 30.3 Å². The number of nitrogens with zero attached hydrogens (tertiary/aromatic N) is 1. The molecule has 2 rings (SSSR count). The van der Waals surface area contributed by atoms with Gasteiger partial charge >= 0.3 is 0 Å². The second kappa shape index (κ2) is 9.01. The molecule has 0 spiro atoms. The third-order valence-corrected chi connectivity index (χ3v) is 6.26. The van der Waals surface area contributed by atoms with E-state index in [1.165, 1.54) is 14.1 Å². The summed E-state index contributed by atoms with van der Waals surface area (Å²) in [5.41, 5.74) is 2.74. The number of amides is 1. The van der Waals surface area contributed by atoms with Crippen LogP contribution >= 0.6 is 0 Å². The summed E-state index contributed by atoms with van der Waals surface area (Å²) in [6.07, 6.45) is 0.190. The smallest absolute Gasteiger partial charge is 0.242 e. The van der Waals surface area contributed by atoms with Crippen molar-refractivity contribution in [2.75, 3.05) is 20.7 Å². The summed E-state index contributed by atoms with van der Waals surface area (Å²) >= 11 is 0. The van der Waals surface area contributed by atoms with E-state index in [9.17, 15) is 13.2 Å². The van der Waals surface area contributed by atoms with Crippen LogP contribution in [0.5, 0.6) is 5.75 Å². The van der Waals surface area contributed by atoms with Gasteiger partial charge in [-0.25, -0.2) is 12.7 Å². The van der Waals surface area contributed by atoms with Crippen LogP contribution in [0.3, 0.4) is 0 Å². The number of ether oxygens (including phenoxy) is 1. The van der Waals surface area contributed by atoms with Crippen molar-refractivity contribution >= 4 is 15.9 Å². The lowest BCUT2D eigenvalue weighted by Crippen LogP contribution is -2.27. The van der Waals surface area contributed by atoms with Crippen LogP contribution in [0.1, 0.15) is 23.1 Å². The summed E-state index contributed by atoms with van der Waals surface area (Å²) < 4.78 is 31.6. The Morgan fingerprint density at radius 2 is 1.78 bits per heavy atom. The van der Waals surface area contributed by atoms with E-state index in [1.54, 1.807) is 24.3 Å². The highest BCUT2D eigenvalue weighted by Gasteiger charge is 2.20. The molecule has 0 atom stereocenters. The summed E-state index contributed by atoms with van der Waals surface area (Å²) in [5, 5.41) is 2.76. The zero-order valence-corrected chi connectivity index (χ0v) is 17.0. The third-order valence-electron chi connectivity index (χ3n) is 4.35. The fourth-order valence-corrected chi connectivity index (χ4v) is 3.63. The van der Waals surface area contributed by atoms with Gasteiger partial charge in [-0.3, -0.25) is 4.79 Å². The lowest BCUT2D eigenvalue weighted by molar-refractivity contribution is -0.121. The first-order valence-corrected chi connectivity index (χ1v) is 10.1. The molecule has 0 saturated heterocycles. The average molecular weight is 391 g/mol. The van der Waals surface area contributed by atoms with Gasteiger partial charge in [0.2, 0.25) is 15.9 Å². The van der Waals surface area contributed by atoms with Gasteiger partial charge in [0.25, 0.3) is 0 Å². The molecular weight excluding hydrogens is 364 g/mol. The van der Waals surface area contributed by atoms with Crippen molar-refractivity contribution in [1.29, 1.82) is 0 Å². The number of hydrogen-bond donors (Lipinski definition) is 1. The molecule has 0 heterocycles. The molecule has 1 amide bonds. The number of hydrogen-bond acceptors (Lipinski definition) is 4. The lowest BCUT2D eigenvalue weighted by Gasteiger charge is -2.15. The molecule has 7 heteroatoms. The number of carbonyl (C=O) groups excluding carboxylic acids is 1. The standard InChI is InChI=1S/C20H26N2O4S/c1-15-8-7-10-18(16(15)2)26-13-12-20(23)21-14-17-9-5-6-11-19(17)27(24,25)22(3)4/h5-11H,12-14H2,1-4H3,(H,21,23). The van der Waals surface area contributed by atoms with Crippen molar-refractivity contribution in [2.24, 2.45) is 0 Å². The number of carbonyl (C=O) groups is 1. The fraction of sp³-hybridized carbons (Fsp3) is 0.350. The maximum absolute atomic E-state index is 12.4. The topological polar surface area (TPSA) is 75.7 Å². The minimum atomic E-state index is -3.56. The van der Waals surface area contributed by atoms with Crippen molar-refractivity contribution in [3.05, 3.63) is 59.2 Å². The number of sulfonamides is 1. The zero-order valence-electron chi connectivity index (χ0n) is 16.2. The van der Waals surface area contributed by atoms with Crippen LogP contribution in [0.25, 0.3) is 0 Å². The van der Waals surface area contributed by atoms with E-state index in [-0.39, 0.29) is 30.4 Å². The Hall–Kier alpha value is -2.38. The van der Waals surface area contributed by atoms with Gasteiger partial charge in [-0.15, -0.1) is 0 Å². The van der Waals surface area contributed by atoms with Crippen LogP contribution in [0, 0.1) is 13.8 Å². The molecule has 0 aliphatic heterocycles. The largest absolute Gasteiger partial charge is 0.493 e. The molecule has 0 aliphatic rings. The second-order valence-corrected chi connectivity index (χ2v) is 8.59. The molecule has 6 nitrogen and oxygen atoms in total. The van der Waals surface area contributed by atoms with Crippen molar-refractivity contribution in [2.45, 2.75) is 31.7 Å². The van der Waals surface area contributed by atoms with Crippen molar-refractivity contribution < 1.29 is 17.9 Å². The molecule has 0 saturated carbocycles. The summed E-state index contributed by atoms with van der Waals surface area (Å²) in [6.45, 7) is 4.39. The molecular formula is C20H26N2O4S. The van der Waals surface area contributed by atoms with E-state index < -0.39 is 10.0 Å². The lowest BCUT2D eigenvalue weighted by atomic mass is 10.1. The van der Waals surface area contributed by atoms with Crippen LogP contribution in [0.2, 0.25) is 0 Å². The van der Waals surface area contributed by atoms with Crippen molar-refractivity contribution in [3.63, 3.8) is 0 Å². The minimum Gasteiger partial charge on any atom is -0.493 e. The molecule has 1 N–H and O–H groups in total. The second-order valence-electron chi connectivity index (χ2n) is 6.47. The maximum Gasteiger partial charge on any atom is 0.242 e. The van der Waals surface area contributed by atoms with Crippen LogP contribution in [0.4, 0.5) is 0 Å². The average Bonchev–Trinajstić information content (AvgIpc) is 2.63.